The SMILES string of the molecule is CCCCCS(=O)(=O)N1CCN(c2ncnc3c2nc(-c2ccccc2Cl)n3-c2ccc(Cl)cc2)CC1. The third-order valence-electron chi connectivity index (χ3n) is 6.56. The predicted octanol–water partition coefficient (Wildman–Crippen LogP) is 5.43. The minimum Gasteiger partial charge on any atom is -0.352 e. The summed E-state index contributed by atoms with van der Waals surface area (Å²) >= 11 is 12.7. The van der Waals surface area contributed by atoms with Crippen LogP contribution in [0, 0.1) is 0 Å². The van der Waals surface area contributed by atoms with Gasteiger partial charge in [-0.1, -0.05) is 55.1 Å². The lowest BCUT2D eigenvalue weighted by molar-refractivity contribution is 0.383. The van der Waals surface area contributed by atoms with Crippen LogP contribution in [-0.4, -0.2) is 64.2 Å². The molecule has 37 heavy (non-hydrogen) atoms. The number of nitrogens with zero attached hydrogens (tertiary/aromatic N) is 6. The molecular formula is C26H28Cl2N6O2S. The van der Waals surface area contributed by atoms with Gasteiger partial charge in [-0.25, -0.2) is 23.4 Å². The lowest BCUT2D eigenvalue weighted by atomic mass is 10.2. The van der Waals surface area contributed by atoms with Gasteiger partial charge in [-0.2, -0.15) is 4.31 Å². The number of hydrogen-bond donors (Lipinski definition) is 0. The Balaban J connectivity index is 1.52. The summed E-state index contributed by atoms with van der Waals surface area (Å²) in [4.78, 5) is 16.2. The van der Waals surface area contributed by atoms with Gasteiger partial charge >= 0.3 is 0 Å². The molecule has 2 aromatic heterocycles. The second-order valence-corrected chi connectivity index (χ2v) is 11.9. The van der Waals surface area contributed by atoms with Crippen LogP contribution >= 0.6 is 23.2 Å². The van der Waals surface area contributed by atoms with E-state index in [9.17, 15) is 8.42 Å². The molecule has 0 N–H and O–H groups in total. The second kappa shape index (κ2) is 10.9. The molecule has 0 unspecified atom stereocenters. The molecule has 3 heterocycles. The molecule has 1 fully saturated rings. The van der Waals surface area contributed by atoms with Crippen molar-refractivity contribution in [2.45, 2.75) is 26.2 Å². The average Bonchev–Trinajstić information content (AvgIpc) is 3.29. The van der Waals surface area contributed by atoms with Crippen LogP contribution in [0.4, 0.5) is 5.82 Å². The maximum Gasteiger partial charge on any atom is 0.214 e. The molecule has 0 amide bonds. The Bertz CT molecular complexity index is 1500. The van der Waals surface area contributed by atoms with E-state index in [4.69, 9.17) is 28.2 Å². The van der Waals surface area contributed by atoms with E-state index in [-0.39, 0.29) is 5.75 Å². The first kappa shape index (κ1) is 25.9. The van der Waals surface area contributed by atoms with E-state index in [0.29, 0.717) is 65.5 Å². The third kappa shape index (κ3) is 5.31. The summed E-state index contributed by atoms with van der Waals surface area (Å²) < 4.78 is 29.1. The fourth-order valence-corrected chi connectivity index (χ4v) is 6.50. The van der Waals surface area contributed by atoms with E-state index in [1.807, 2.05) is 53.1 Å². The van der Waals surface area contributed by atoms with Crippen LogP contribution in [0.1, 0.15) is 26.2 Å². The topological polar surface area (TPSA) is 84.2 Å². The summed E-state index contributed by atoms with van der Waals surface area (Å²) in [6.07, 6.45) is 4.13. The highest BCUT2D eigenvalue weighted by Gasteiger charge is 2.29. The number of aromatic nitrogens is 4. The van der Waals surface area contributed by atoms with Crippen molar-refractivity contribution in [1.29, 1.82) is 0 Å². The molecular weight excluding hydrogens is 531 g/mol. The monoisotopic (exact) mass is 558 g/mol. The standard InChI is InChI=1S/C26H28Cl2N6O2S/c1-2-3-6-17-37(35,36)33-15-13-32(14-16-33)25-23-26(30-18-29-25)34(20-11-9-19(27)10-12-20)24(31-23)21-7-4-5-8-22(21)28/h4-5,7-12,18H,2-3,6,13-17H2,1H3. The van der Waals surface area contributed by atoms with Gasteiger partial charge in [0.15, 0.2) is 17.0 Å². The first-order valence-electron chi connectivity index (χ1n) is 12.4. The van der Waals surface area contributed by atoms with Crippen LogP contribution in [0.2, 0.25) is 10.0 Å². The molecule has 0 radical (unpaired) electrons. The molecule has 1 aliphatic heterocycles. The van der Waals surface area contributed by atoms with Gasteiger partial charge < -0.3 is 4.90 Å². The second-order valence-electron chi connectivity index (χ2n) is 9.01. The van der Waals surface area contributed by atoms with Crippen molar-refractivity contribution in [2.24, 2.45) is 0 Å². The molecule has 5 rings (SSSR count). The predicted molar refractivity (Wildman–Crippen MR) is 149 cm³/mol. The molecule has 1 saturated heterocycles. The first-order chi connectivity index (χ1) is 17.9. The molecule has 4 aromatic rings. The number of halogens is 2. The summed E-state index contributed by atoms with van der Waals surface area (Å²) in [7, 11) is -3.26. The van der Waals surface area contributed by atoms with Gasteiger partial charge in [-0.15, -0.1) is 0 Å². The normalized spacial score (nSPS) is 14.9. The fraction of sp³-hybridized carbons (Fsp3) is 0.346. The number of rotatable bonds is 8. The fourth-order valence-electron chi connectivity index (χ4n) is 4.61. The van der Waals surface area contributed by atoms with Crippen molar-refractivity contribution in [2.75, 3.05) is 36.8 Å². The Morgan fingerprint density at radius 2 is 1.65 bits per heavy atom. The highest BCUT2D eigenvalue weighted by molar-refractivity contribution is 7.89. The molecule has 194 valence electrons. The molecule has 0 spiro atoms. The molecule has 0 bridgehead atoms. The van der Waals surface area contributed by atoms with E-state index in [1.165, 1.54) is 6.33 Å². The number of sulfonamides is 1. The zero-order chi connectivity index (χ0) is 26.0. The number of hydrogen-bond acceptors (Lipinski definition) is 6. The van der Waals surface area contributed by atoms with Gasteiger partial charge in [0.1, 0.15) is 12.2 Å². The lowest BCUT2D eigenvalue weighted by Crippen LogP contribution is -2.49. The van der Waals surface area contributed by atoms with Crippen LogP contribution in [0.15, 0.2) is 54.9 Å². The number of unbranched alkanes of at least 4 members (excludes halogenated alkanes) is 2. The summed E-state index contributed by atoms with van der Waals surface area (Å²) in [6.45, 7) is 3.94. The van der Waals surface area contributed by atoms with Crippen molar-refractivity contribution in [3.63, 3.8) is 0 Å². The summed E-state index contributed by atoms with van der Waals surface area (Å²) in [6, 6.07) is 15.0. The Morgan fingerprint density at radius 1 is 0.919 bits per heavy atom. The molecule has 8 nitrogen and oxygen atoms in total. The van der Waals surface area contributed by atoms with Crippen molar-refractivity contribution >= 4 is 50.2 Å². The van der Waals surface area contributed by atoms with Crippen LogP contribution in [-0.2, 0) is 10.0 Å². The summed E-state index contributed by atoms with van der Waals surface area (Å²) in [5.41, 5.74) is 2.88. The quantitative estimate of drug-likeness (QED) is 0.268. The van der Waals surface area contributed by atoms with Gasteiger partial charge in [0, 0.05) is 42.5 Å². The minimum atomic E-state index is -3.26. The van der Waals surface area contributed by atoms with E-state index in [0.717, 1.165) is 24.1 Å². The van der Waals surface area contributed by atoms with E-state index in [2.05, 4.69) is 21.8 Å². The van der Waals surface area contributed by atoms with Crippen LogP contribution in [0.5, 0.6) is 0 Å². The van der Waals surface area contributed by atoms with Gasteiger partial charge in [-0.05, 0) is 42.8 Å². The van der Waals surface area contributed by atoms with Crippen molar-refractivity contribution < 1.29 is 8.42 Å². The Morgan fingerprint density at radius 3 is 2.35 bits per heavy atom. The zero-order valence-corrected chi connectivity index (χ0v) is 22.8. The van der Waals surface area contributed by atoms with Crippen molar-refractivity contribution in [1.82, 2.24) is 23.8 Å². The highest BCUT2D eigenvalue weighted by atomic mass is 35.5. The summed E-state index contributed by atoms with van der Waals surface area (Å²) in [5, 5.41) is 1.20. The van der Waals surface area contributed by atoms with E-state index in [1.54, 1.807) is 4.31 Å². The number of benzene rings is 2. The number of imidazole rings is 1. The average molecular weight is 560 g/mol. The number of piperazine rings is 1. The van der Waals surface area contributed by atoms with Crippen LogP contribution in [0.25, 0.3) is 28.2 Å². The zero-order valence-electron chi connectivity index (χ0n) is 20.5. The van der Waals surface area contributed by atoms with Crippen molar-refractivity contribution in [3.8, 4) is 17.1 Å². The van der Waals surface area contributed by atoms with Gasteiger partial charge in [0.25, 0.3) is 0 Å². The molecule has 0 atom stereocenters. The van der Waals surface area contributed by atoms with Gasteiger partial charge in [-0.3, -0.25) is 4.57 Å². The van der Waals surface area contributed by atoms with E-state index < -0.39 is 10.0 Å². The lowest BCUT2D eigenvalue weighted by Gasteiger charge is -2.34. The molecule has 1 aliphatic rings. The molecule has 2 aromatic carbocycles. The highest BCUT2D eigenvalue weighted by Crippen LogP contribution is 2.35. The first-order valence-corrected chi connectivity index (χ1v) is 14.7. The Kier molecular flexibility index (Phi) is 7.67. The smallest absolute Gasteiger partial charge is 0.214 e. The number of anilines is 1. The molecule has 0 aliphatic carbocycles. The molecule has 0 saturated carbocycles. The van der Waals surface area contributed by atoms with Gasteiger partial charge in [0.2, 0.25) is 10.0 Å². The number of fused-ring (bicyclic) bond motifs is 1. The summed E-state index contributed by atoms with van der Waals surface area (Å²) in [5.74, 6) is 1.52. The van der Waals surface area contributed by atoms with E-state index >= 15 is 0 Å². The Labute approximate surface area is 226 Å². The van der Waals surface area contributed by atoms with Crippen molar-refractivity contribution in [3.05, 3.63) is 64.9 Å². The largest absolute Gasteiger partial charge is 0.352 e. The van der Waals surface area contributed by atoms with Crippen LogP contribution in [0.3, 0.4) is 0 Å². The van der Waals surface area contributed by atoms with Crippen LogP contribution < -0.4 is 4.90 Å². The maximum atomic E-state index is 12.8. The Hall–Kier alpha value is -2.72. The third-order valence-corrected chi connectivity index (χ3v) is 9.10. The van der Waals surface area contributed by atoms with Gasteiger partial charge in [0.05, 0.1) is 10.8 Å². The minimum absolute atomic E-state index is 0.200. The molecule has 11 heteroatoms. The maximum absolute atomic E-state index is 12.8.